The molecule has 0 amide bonds. The smallest absolute Gasteiger partial charge is 0.0101 e. The van der Waals surface area contributed by atoms with Gasteiger partial charge in [0.25, 0.3) is 0 Å². The van der Waals surface area contributed by atoms with Gasteiger partial charge in [0, 0.05) is 12.5 Å². The van der Waals surface area contributed by atoms with Gasteiger partial charge in [-0.15, -0.1) is 12.3 Å². The molecule has 1 atom stereocenters. The van der Waals surface area contributed by atoms with Crippen LogP contribution < -0.4 is 5.32 Å². The molecule has 1 heterocycles. The Morgan fingerprint density at radius 2 is 2.56 bits per heavy atom. The summed E-state index contributed by atoms with van der Waals surface area (Å²) in [6, 6.07) is 0.723. The Balaban J connectivity index is 2.06. The molecule has 0 aromatic heterocycles. The van der Waals surface area contributed by atoms with Crippen LogP contribution in [0.5, 0.6) is 0 Å². The van der Waals surface area contributed by atoms with Crippen molar-refractivity contribution in [3.8, 4) is 12.3 Å². The second-order valence-electron chi connectivity index (χ2n) is 2.54. The molecule has 1 nitrogen and oxygen atoms in total. The maximum atomic E-state index is 5.13. The summed E-state index contributed by atoms with van der Waals surface area (Å²) in [6.45, 7) is 1.19. The summed E-state index contributed by atoms with van der Waals surface area (Å²) in [4.78, 5) is 0. The van der Waals surface area contributed by atoms with Crippen molar-refractivity contribution >= 4 is 0 Å². The molecule has 0 aliphatic carbocycles. The molecule has 1 N–H and O–H groups in total. The summed E-state index contributed by atoms with van der Waals surface area (Å²) in [5, 5.41) is 3.40. The Morgan fingerprint density at radius 3 is 3.11 bits per heavy atom. The Labute approximate surface area is 56.8 Å². The highest BCUT2D eigenvalue weighted by molar-refractivity contribution is 4.86. The van der Waals surface area contributed by atoms with Crippen LogP contribution in [0, 0.1) is 12.3 Å². The fourth-order valence-electron chi connectivity index (χ4n) is 1.26. The van der Waals surface area contributed by atoms with E-state index in [1.54, 1.807) is 0 Å². The van der Waals surface area contributed by atoms with Gasteiger partial charge in [-0.3, -0.25) is 0 Å². The van der Waals surface area contributed by atoms with E-state index in [2.05, 4.69) is 11.2 Å². The zero-order valence-electron chi connectivity index (χ0n) is 5.69. The van der Waals surface area contributed by atoms with Crippen molar-refractivity contribution in [1.29, 1.82) is 0 Å². The fourth-order valence-corrected chi connectivity index (χ4v) is 1.26. The van der Waals surface area contributed by atoms with E-state index in [-0.39, 0.29) is 0 Å². The molecular weight excluding hydrogens is 110 g/mol. The summed E-state index contributed by atoms with van der Waals surface area (Å²) in [6.07, 6.45) is 9.87. The SMILES string of the molecule is C#CCCC1CCCN1. The molecular formula is C8H13N. The average Bonchev–Trinajstić information content (AvgIpc) is 2.34. The third kappa shape index (κ3) is 2.07. The van der Waals surface area contributed by atoms with Crippen LogP contribution in [0.1, 0.15) is 25.7 Å². The van der Waals surface area contributed by atoms with E-state index in [4.69, 9.17) is 6.42 Å². The van der Waals surface area contributed by atoms with E-state index in [1.165, 1.54) is 19.4 Å². The summed E-state index contributed by atoms with van der Waals surface area (Å²) < 4.78 is 0. The van der Waals surface area contributed by atoms with Crippen molar-refractivity contribution in [2.24, 2.45) is 0 Å². The summed E-state index contributed by atoms with van der Waals surface area (Å²) in [5.41, 5.74) is 0. The summed E-state index contributed by atoms with van der Waals surface area (Å²) in [7, 11) is 0. The minimum absolute atomic E-state index is 0.723. The van der Waals surface area contributed by atoms with E-state index in [1.807, 2.05) is 0 Å². The topological polar surface area (TPSA) is 12.0 Å². The van der Waals surface area contributed by atoms with E-state index < -0.39 is 0 Å². The Bertz CT molecular complexity index is 106. The highest BCUT2D eigenvalue weighted by Gasteiger charge is 2.11. The van der Waals surface area contributed by atoms with Crippen molar-refractivity contribution in [2.75, 3.05) is 6.54 Å². The van der Waals surface area contributed by atoms with Crippen LogP contribution in [0.2, 0.25) is 0 Å². The lowest BCUT2D eigenvalue weighted by Crippen LogP contribution is -2.20. The number of hydrogen-bond donors (Lipinski definition) is 1. The molecule has 1 unspecified atom stereocenters. The van der Waals surface area contributed by atoms with Crippen LogP contribution in [-0.4, -0.2) is 12.6 Å². The van der Waals surface area contributed by atoms with Crippen LogP contribution in [0.3, 0.4) is 0 Å². The first kappa shape index (κ1) is 6.64. The van der Waals surface area contributed by atoms with Gasteiger partial charge >= 0.3 is 0 Å². The molecule has 1 fully saturated rings. The molecule has 1 aliphatic rings. The lowest BCUT2D eigenvalue weighted by Gasteiger charge is -2.05. The summed E-state index contributed by atoms with van der Waals surface area (Å²) >= 11 is 0. The van der Waals surface area contributed by atoms with Gasteiger partial charge in [-0.2, -0.15) is 0 Å². The molecule has 0 spiro atoms. The molecule has 0 saturated carbocycles. The molecule has 1 saturated heterocycles. The standard InChI is InChI=1S/C8H13N/c1-2-3-5-8-6-4-7-9-8/h1,8-9H,3-7H2. The van der Waals surface area contributed by atoms with E-state index in [9.17, 15) is 0 Å². The number of rotatable bonds is 2. The second-order valence-corrected chi connectivity index (χ2v) is 2.54. The summed E-state index contributed by atoms with van der Waals surface area (Å²) in [5.74, 6) is 2.65. The van der Waals surface area contributed by atoms with Crippen LogP contribution >= 0.6 is 0 Å². The third-order valence-electron chi connectivity index (χ3n) is 1.80. The number of terminal acetylenes is 1. The highest BCUT2D eigenvalue weighted by Crippen LogP contribution is 2.09. The Kier molecular flexibility index (Phi) is 2.60. The van der Waals surface area contributed by atoms with Crippen molar-refractivity contribution in [1.82, 2.24) is 5.32 Å². The number of nitrogens with one attached hydrogen (secondary N) is 1. The average molecular weight is 123 g/mol. The molecule has 0 bridgehead atoms. The molecule has 1 rings (SSSR count). The highest BCUT2D eigenvalue weighted by atomic mass is 14.9. The second kappa shape index (κ2) is 3.53. The van der Waals surface area contributed by atoms with Crippen LogP contribution in [0.4, 0.5) is 0 Å². The lowest BCUT2D eigenvalue weighted by molar-refractivity contribution is 0.569. The molecule has 1 heteroatoms. The predicted molar refractivity (Wildman–Crippen MR) is 39.1 cm³/mol. The van der Waals surface area contributed by atoms with Crippen LogP contribution in [-0.2, 0) is 0 Å². The predicted octanol–water partition coefficient (Wildman–Crippen LogP) is 1.15. The first-order valence-corrected chi connectivity index (χ1v) is 3.60. The zero-order valence-corrected chi connectivity index (χ0v) is 5.69. The van der Waals surface area contributed by atoms with Gasteiger partial charge in [-0.1, -0.05) is 0 Å². The quantitative estimate of drug-likeness (QED) is 0.543. The maximum absolute atomic E-state index is 5.13. The van der Waals surface area contributed by atoms with Gasteiger partial charge in [0.15, 0.2) is 0 Å². The molecule has 0 aromatic rings. The van der Waals surface area contributed by atoms with Crippen LogP contribution in [0.25, 0.3) is 0 Å². The van der Waals surface area contributed by atoms with E-state index in [0.717, 1.165) is 18.9 Å². The first-order valence-electron chi connectivity index (χ1n) is 3.60. The first-order chi connectivity index (χ1) is 4.43. The van der Waals surface area contributed by atoms with Gasteiger partial charge in [-0.25, -0.2) is 0 Å². The minimum atomic E-state index is 0.723. The molecule has 1 aliphatic heterocycles. The zero-order chi connectivity index (χ0) is 6.53. The van der Waals surface area contributed by atoms with Crippen LogP contribution in [0.15, 0.2) is 0 Å². The van der Waals surface area contributed by atoms with Crippen molar-refractivity contribution in [3.63, 3.8) is 0 Å². The van der Waals surface area contributed by atoms with Gasteiger partial charge in [-0.05, 0) is 25.8 Å². The Morgan fingerprint density at radius 1 is 1.67 bits per heavy atom. The molecule has 0 radical (unpaired) electrons. The van der Waals surface area contributed by atoms with E-state index in [0.29, 0.717) is 0 Å². The van der Waals surface area contributed by atoms with Gasteiger partial charge in [0.05, 0.1) is 0 Å². The molecule has 50 valence electrons. The Hall–Kier alpha value is -0.480. The normalized spacial score (nSPS) is 25.9. The third-order valence-corrected chi connectivity index (χ3v) is 1.80. The minimum Gasteiger partial charge on any atom is -0.314 e. The van der Waals surface area contributed by atoms with Gasteiger partial charge in [0.1, 0.15) is 0 Å². The van der Waals surface area contributed by atoms with Gasteiger partial charge < -0.3 is 5.32 Å². The lowest BCUT2D eigenvalue weighted by atomic mass is 10.1. The van der Waals surface area contributed by atoms with Crippen molar-refractivity contribution in [2.45, 2.75) is 31.7 Å². The fraction of sp³-hybridized carbons (Fsp3) is 0.750. The monoisotopic (exact) mass is 123 g/mol. The number of hydrogen-bond acceptors (Lipinski definition) is 1. The maximum Gasteiger partial charge on any atom is 0.0101 e. The van der Waals surface area contributed by atoms with Crippen molar-refractivity contribution < 1.29 is 0 Å². The van der Waals surface area contributed by atoms with Gasteiger partial charge in [0.2, 0.25) is 0 Å². The van der Waals surface area contributed by atoms with Crippen molar-refractivity contribution in [3.05, 3.63) is 0 Å². The largest absolute Gasteiger partial charge is 0.314 e. The molecule has 9 heavy (non-hydrogen) atoms. The molecule has 0 aromatic carbocycles. The van der Waals surface area contributed by atoms with E-state index >= 15 is 0 Å².